The van der Waals surface area contributed by atoms with Crippen LogP contribution in [-0.2, 0) is 13.6 Å². The SMILES string of the molecule is CC(C)Oc1ccc(CN2CCN(C(=O)c3cc4ccc(Oc5ccc(NC(=O)c6ccc(Cl)c(Cl)c6)cn5)cc4n3C)CC2)c(F)c1. The summed E-state index contributed by atoms with van der Waals surface area (Å²) < 4.78 is 28.1. The second kappa shape index (κ2) is 14.2. The van der Waals surface area contributed by atoms with E-state index in [-0.39, 0.29) is 23.7 Å². The summed E-state index contributed by atoms with van der Waals surface area (Å²) in [5.41, 5.74) is 2.86. The van der Waals surface area contributed by atoms with Gasteiger partial charge in [0.2, 0.25) is 5.88 Å². The summed E-state index contributed by atoms with van der Waals surface area (Å²) in [6, 6.07) is 20.4. The van der Waals surface area contributed by atoms with E-state index in [0.717, 1.165) is 10.9 Å². The minimum atomic E-state index is -0.348. The van der Waals surface area contributed by atoms with Gasteiger partial charge in [-0.15, -0.1) is 0 Å². The number of halogens is 3. The van der Waals surface area contributed by atoms with Crippen molar-refractivity contribution < 1.29 is 23.5 Å². The molecule has 48 heavy (non-hydrogen) atoms. The number of amides is 2. The molecule has 0 bridgehead atoms. The van der Waals surface area contributed by atoms with Crippen LogP contribution in [-0.4, -0.2) is 63.4 Å². The Bertz CT molecular complexity index is 1970. The maximum absolute atomic E-state index is 14.7. The maximum Gasteiger partial charge on any atom is 0.270 e. The quantitative estimate of drug-likeness (QED) is 0.170. The summed E-state index contributed by atoms with van der Waals surface area (Å²) in [6.07, 6.45) is 1.47. The van der Waals surface area contributed by atoms with Crippen LogP contribution in [0.3, 0.4) is 0 Å². The van der Waals surface area contributed by atoms with Gasteiger partial charge in [0, 0.05) is 74.5 Å². The Morgan fingerprint density at radius 3 is 2.38 bits per heavy atom. The van der Waals surface area contributed by atoms with Crippen molar-refractivity contribution in [1.29, 1.82) is 0 Å². The molecule has 2 amide bonds. The van der Waals surface area contributed by atoms with E-state index in [4.69, 9.17) is 32.7 Å². The van der Waals surface area contributed by atoms with Crippen LogP contribution in [0.4, 0.5) is 10.1 Å². The summed E-state index contributed by atoms with van der Waals surface area (Å²) in [5.74, 6) is 0.711. The Morgan fingerprint density at radius 2 is 1.69 bits per heavy atom. The zero-order valence-electron chi connectivity index (χ0n) is 26.7. The highest BCUT2D eigenvalue weighted by molar-refractivity contribution is 6.42. The molecular weight excluding hydrogens is 656 g/mol. The third kappa shape index (κ3) is 7.57. The first-order valence-electron chi connectivity index (χ1n) is 15.5. The van der Waals surface area contributed by atoms with Crippen molar-refractivity contribution in [3.63, 3.8) is 0 Å². The van der Waals surface area contributed by atoms with Crippen molar-refractivity contribution in [3.8, 4) is 17.4 Å². The molecule has 0 atom stereocenters. The lowest BCUT2D eigenvalue weighted by Gasteiger charge is -2.34. The van der Waals surface area contributed by atoms with Crippen molar-refractivity contribution in [2.75, 3.05) is 31.5 Å². The van der Waals surface area contributed by atoms with Gasteiger partial charge >= 0.3 is 0 Å². The van der Waals surface area contributed by atoms with Crippen LogP contribution in [0, 0.1) is 5.82 Å². The second-order valence-corrected chi connectivity index (χ2v) is 12.7. The Kier molecular flexibility index (Phi) is 9.86. The van der Waals surface area contributed by atoms with Crippen molar-refractivity contribution in [2.24, 2.45) is 7.05 Å². The van der Waals surface area contributed by atoms with Crippen LogP contribution >= 0.6 is 23.2 Å². The van der Waals surface area contributed by atoms with Gasteiger partial charge in [-0.1, -0.05) is 29.3 Å². The van der Waals surface area contributed by atoms with Crippen LogP contribution in [0.5, 0.6) is 17.4 Å². The smallest absolute Gasteiger partial charge is 0.270 e. The summed E-state index contributed by atoms with van der Waals surface area (Å²) in [4.78, 5) is 34.4. The molecule has 0 unspecified atom stereocenters. The number of anilines is 1. The largest absolute Gasteiger partial charge is 0.491 e. The average molecular weight is 691 g/mol. The molecule has 6 rings (SSSR count). The Labute approximate surface area is 287 Å². The van der Waals surface area contributed by atoms with E-state index < -0.39 is 0 Å². The van der Waals surface area contributed by atoms with Crippen molar-refractivity contribution in [1.82, 2.24) is 19.4 Å². The van der Waals surface area contributed by atoms with Gasteiger partial charge in [-0.25, -0.2) is 9.37 Å². The summed E-state index contributed by atoms with van der Waals surface area (Å²) in [5, 5.41) is 4.33. The van der Waals surface area contributed by atoms with E-state index in [1.54, 1.807) is 36.4 Å². The van der Waals surface area contributed by atoms with E-state index in [0.29, 0.717) is 82.7 Å². The average Bonchev–Trinajstić information content (AvgIpc) is 3.39. The van der Waals surface area contributed by atoms with Gasteiger partial charge in [0.25, 0.3) is 11.8 Å². The number of rotatable bonds is 9. The van der Waals surface area contributed by atoms with Crippen LogP contribution in [0.25, 0.3) is 10.9 Å². The Morgan fingerprint density at radius 1 is 0.917 bits per heavy atom. The number of ether oxygens (including phenoxy) is 2. The first-order chi connectivity index (χ1) is 23.0. The molecule has 1 aliphatic heterocycles. The molecule has 2 aromatic heterocycles. The van der Waals surface area contributed by atoms with Gasteiger partial charge in [-0.3, -0.25) is 14.5 Å². The third-order valence-corrected chi connectivity index (χ3v) is 8.82. The number of fused-ring (bicyclic) bond motifs is 1. The van der Waals surface area contributed by atoms with Crippen LogP contribution < -0.4 is 14.8 Å². The molecule has 1 fully saturated rings. The second-order valence-electron chi connectivity index (χ2n) is 11.9. The molecule has 0 radical (unpaired) electrons. The maximum atomic E-state index is 14.7. The van der Waals surface area contributed by atoms with E-state index in [2.05, 4.69) is 15.2 Å². The Balaban J connectivity index is 1.06. The number of aromatic nitrogens is 2. The van der Waals surface area contributed by atoms with Crippen LogP contribution in [0.15, 0.2) is 79.0 Å². The fraction of sp³-hybridized carbons (Fsp3) is 0.250. The normalized spacial score (nSPS) is 13.6. The van der Waals surface area contributed by atoms with Gasteiger partial charge in [-0.05, 0) is 62.4 Å². The molecule has 0 spiro atoms. The number of hydrogen-bond acceptors (Lipinski definition) is 6. The Hall–Kier alpha value is -4.64. The molecule has 1 N–H and O–H groups in total. The highest BCUT2D eigenvalue weighted by Crippen LogP contribution is 2.29. The lowest BCUT2D eigenvalue weighted by Crippen LogP contribution is -2.48. The van der Waals surface area contributed by atoms with Gasteiger partial charge in [0.05, 0.1) is 33.6 Å². The lowest BCUT2D eigenvalue weighted by atomic mass is 10.1. The van der Waals surface area contributed by atoms with Gasteiger partial charge < -0.3 is 24.3 Å². The third-order valence-electron chi connectivity index (χ3n) is 8.08. The number of nitrogens with zero attached hydrogens (tertiary/aromatic N) is 4. The number of nitrogens with one attached hydrogen (secondary N) is 1. The number of hydrogen-bond donors (Lipinski definition) is 1. The van der Waals surface area contributed by atoms with Gasteiger partial charge in [0.1, 0.15) is 23.0 Å². The predicted molar refractivity (Wildman–Crippen MR) is 185 cm³/mol. The zero-order valence-corrected chi connectivity index (χ0v) is 28.2. The molecule has 3 aromatic carbocycles. The molecule has 0 saturated carbocycles. The van der Waals surface area contributed by atoms with E-state index in [1.165, 1.54) is 18.3 Å². The molecule has 1 saturated heterocycles. The molecule has 1 aliphatic rings. The molecular formula is C36H34Cl2FN5O4. The number of aryl methyl sites for hydroxylation is 1. The topological polar surface area (TPSA) is 88.9 Å². The van der Waals surface area contributed by atoms with Crippen molar-refractivity contribution in [2.45, 2.75) is 26.5 Å². The monoisotopic (exact) mass is 689 g/mol. The highest BCUT2D eigenvalue weighted by Gasteiger charge is 2.25. The summed E-state index contributed by atoms with van der Waals surface area (Å²) in [7, 11) is 1.86. The van der Waals surface area contributed by atoms with Crippen molar-refractivity contribution >= 4 is 51.6 Å². The molecule has 248 valence electrons. The van der Waals surface area contributed by atoms with Crippen LogP contribution in [0.2, 0.25) is 10.0 Å². The van der Waals surface area contributed by atoms with E-state index in [9.17, 15) is 14.0 Å². The fourth-order valence-electron chi connectivity index (χ4n) is 5.57. The minimum Gasteiger partial charge on any atom is -0.491 e. The first kappa shape index (κ1) is 33.3. The fourth-order valence-corrected chi connectivity index (χ4v) is 5.87. The molecule has 9 nitrogen and oxygen atoms in total. The minimum absolute atomic E-state index is 0.0226. The zero-order chi connectivity index (χ0) is 33.9. The number of carbonyl (C=O) groups excluding carboxylic acids is 2. The molecule has 5 aromatic rings. The molecule has 0 aliphatic carbocycles. The number of carbonyl (C=O) groups is 2. The van der Waals surface area contributed by atoms with E-state index >= 15 is 0 Å². The lowest BCUT2D eigenvalue weighted by molar-refractivity contribution is 0.0618. The van der Waals surface area contributed by atoms with Gasteiger partial charge in [0.15, 0.2) is 0 Å². The number of pyridine rings is 1. The molecule has 3 heterocycles. The van der Waals surface area contributed by atoms with Crippen LogP contribution in [0.1, 0.15) is 40.3 Å². The van der Waals surface area contributed by atoms with Gasteiger partial charge in [-0.2, -0.15) is 0 Å². The number of piperazine rings is 1. The predicted octanol–water partition coefficient (Wildman–Crippen LogP) is 7.81. The summed E-state index contributed by atoms with van der Waals surface area (Å²) >= 11 is 12.0. The summed E-state index contributed by atoms with van der Waals surface area (Å²) in [6.45, 7) is 6.65. The highest BCUT2D eigenvalue weighted by atomic mass is 35.5. The first-order valence-corrected chi connectivity index (χ1v) is 16.3. The van der Waals surface area contributed by atoms with E-state index in [1.807, 2.05) is 54.6 Å². The number of benzene rings is 3. The molecule has 12 heteroatoms. The van der Waals surface area contributed by atoms with Crippen molar-refractivity contribution in [3.05, 3.63) is 112 Å². The standard InChI is InChI=1S/C36H34Cl2FN5O4/c1-22(2)47-27-9-5-25(31(39)18-27)21-43-12-14-44(15-13-43)36(46)33-17-23-4-8-28(19-32(23)42(33)3)48-34-11-7-26(20-40-34)41-35(45)24-6-10-29(37)30(38)16-24/h4-11,16-20,22H,12-15,21H2,1-3H3,(H,41,45).